The van der Waals surface area contributed by atoms with Crippen molar-refractivity contribution >= 4 is 11.8 Å². The van der Waals surface area contributed by atoms with Crippen molar-refractivity contribution < 1.29 is 9.59 Å². The maximum Gasteiger partial charge on any atom is 0.251 e. The number of amides is 2. The molecular weight excluding hydrogens is 326 g/mol. The molecule has 26 heavy (non-hydrogen) atoms. The van der Waals surface area contributed by atoms with Gasteiger partial charge >= 0.3 is 0 Å². The molecule has 0 aliphatic carbocycles. The summed E-state index contributed by atoms with van der Waals surface area (Å²) in [6.45, 7) is 8.53. The molecule has 5 heteroatoms. The largest absolute Gasteiger partial charge is 0.341 e. The van der Waals surface area contributed by atoms with Crippen LogP contribution in [-0.4, -0.2) is 34.8 Å². The first-order valence-corrected chi connectivity index (χ1v) is 8.74. The Morgan fingerprint density at radius 3 is 2.35 bits per heavy atom. The molecule has 1 atom stereocenters. The summed E-state index contributed by atoms with van der Waals surface area (Å²) in [5.41, 5.74) is 2.69. The van der Waals surface area contributed by atoms with Crippen LogP contribution in [0, 0.1) is 0 Å². The van der Waals surface area contributed by atoms with Gasteiger partial charge in [-0.15, -0.1) is 0 Å². The molecule has 5 nitrogen and oxygen atoms in total. The molecular formula is C21H27N3O2. The van der Waals surface area contributed by atoms with Crippen LogP contribution in [0.15, 0.2) is 48.8 Å². The smallest absolute Gasteiger partial charge is 0.251 e. The lowest BCUT2D eigenvalue weighted by atomic mass is 9.86. The molecule has 0 fully saturated rings. The Kier molecular flexibility index (Phi) is 6.14. The van der Waals surface area contributed by atoms with E-state index in [0.29, 0.717) is 12.1 Å². The first-order chi connectivity index (χ1) is 12.2. The summed E-state index contributed by atoms with van der Waals surface area (Å²) in [6.07, 6.45) is 3.42. The maximum absolute atomic E-state index is 12.5. The van der Waals surface area contributed by atoms with E-state index in [1.807, 2.05) is 24.3 Å². The highest BCUT2D eigenvalue weighted by Gasteiger charge is 2.21. The fraction of sp³-hybridized carbons (Fsp3) is 0.381. The molecule has 0 spiro atoms. The lowest BCUT2D eigenvalue weighted by Gasteiger charge is -2.22. The highest BCUT2D eigenvalue weighted by molar-refractivity contribution is 5.97. The average Bonchev–Trinajstić information content (AvgIpc) is 2.61. The van der Waals surface area contributed by atoms with Crippen molar-refractivity contribution in [3.05, 3.63) is 65.5 Å². The zero-order valence-electron chi connectivity index (χ0n) is 16.1. The van der Waals surface area contributed by atoms with E-state index < -0.39 is 6.04 Å². The van der Waals surface area contributed by atoms with E-state index in [4.69, 9.17) is 0 Å². The summed E-state index contributed by atoms with van der Waals surface area (Å²) in [5, 5.41) is 2.78. The molecule has 2 amide bonds. The Hall–Kier alpha value is -2.69. The van der Waals surface area contributed by atoms with E-state index in [2.05, 4.69) is 31.1 Å². The van der Waals surface area contributed by atoms with Gasteiger partial charge in [0.05, 0.1) is 0 Å². The first-order valence-electron chi connectivity index (χ1n) is 8.74. The number of nitrogens with one attached hydrogen (secondary N) is 1. The normalized spacial score (nSPS) is 12.3. The Labute approximate surface area is 155 Å². The molecule has 1 aromatic heterocycles. The van der Waals surface area contributed by atoms with Crippen molar-refractivity contribution in [2.24, 2.45) is 0 Å². The van der Waals surface area contributed by atoms with Crippen LogP contribution in [0.1, 0.15) is 49.2 Å². The average molecular weight is 353 g/mol. The van der Waals surface area contributed by atoms with Gasteiger partial charge in [-0.25, -0.2) is 0 Å². The predicted octanol–water partition coefficient (Wildman–Crippen LogP) is 3.16. The van der Waals surface area contributed by atoms with Crippen LogP contribution in [0.3, 0.4) is 0 Å². The zero-order valence-corrected chi connectivity index (χ0v) is 16.1. The Bertz CT molecular complexity index is 749. The van der Waals surface area contributed by atoms with Gasteiger partial charge in [0.25, 0.3) is 5.91 Å². The number of nitrogens with zero attached hydrogens (tertiary/aromatic N) is 2. The summed E-state index contributed by atoms with van der Waals surface area (Å²) in [5.74, 6) is -0.394. The second-order valence-electron chi connectivity index (χ2n) is 7.58. The van der Waals surface area contributed by atoms with Gasteiger partial charge in [0, 0.05) is 31.5 Å². The molecule has 2 aromatic rings. The summed E-state index contributed by atoms with van der Waals surface area (Å²) in [7, 11) is 1.72. The molecule has 0 saturated heterocycles. The first kappa shape index (κ1) is 19.6. The number of rotatable bonds is 5. The summed E-state index contributed by atoms with van der Waals surface area (Å²) in [4.78, 5) is 30.5. The Morgan fingerprint density at radius 2 is 1.81 bits per heavy atom. The monoisotopic (exact) mass is 353 g/mol. The topological polar surface area (TPSA) is 62.3 Å². The lowest BCUT2D eigenvalue weighted by molar-refractivity contribution is -0.132. The van der Waals surface area contributed by atoms with Crippen LogP contribution in [0.5, 0.6) is 0 Å². The van der Waals surface area contributed by atoms with Crippen molar-refractivity contribution in [3.63, 3.8) is 0 Å². The van der Waals surface area contributed by atoms with Crippen LogP contribution in [0.4, 0.5) is 0 Å². The SMILES string of the molecule is CC(NC(=O)c1ccc(C(C)(C)C)cc1)C(=O)N(C)Cc1cccnc1. The Balaban J connectivity index is 1.96. The summed E-state index contributed by atoms with van der Waals surface area (Å²) < 4.78 is 0. The molecule has 0 bridgehead atoms. The van der Waals surface area contributed by atoms with Crippen LogP contribution in [0.25, 0.3) is 0 Å². The molecule has 0 aliphatic rings. The van der Waals surface area contributed by atoms with Crippen molar-refractivity contribution in [3.8, 4) is 0 Å². The number of carbonyl (C=O) groups is 2. The highest BCUT2D eigenvalue weighted by atomic mass is 16.2. The molecule has 0 radical (unpaired) electrons. The maximum atomic E-state index is 12.5. The van der Waals surface area contributed by atoms with Crippen molar-refractivity contribution in [1.29, 1.82) is 0 Å². The number of carbonyl (C=O) groups excluding carboxylic acids is 2. The summed E-state index contributed by atoms with van der Waals surface area (Å²) >= 11 is 0. The van der Waals surface area contributed by atoms with Crippen LogP contribution in [0.2, 0.25) is 0 Å². The van der Waals surface area contributed by atoms with E-state index >= 15 is 0 Å². The van der Waals surface area contributed by atoms with Gasteiger partial charge in [0.1, 0.15) is 6.04 Å². The van der Waals surface area contributed by atoms with Gasteiger partial charge < -0.3 is 10.2 Å². The molecule has 0 aliphatic heterocycles. The quantitative estimate of drug-likeness (QED) is 0.898. The van der Waals surface area contributed by atoms with Crippen LogP contribution >= 0.6 is 0 Å². The molecule has 1 N–H and O–H groups in total. The lowest BCUT2D eigenvalue weighted by Crippen LogP contribution is -2.45. The highest BCUT2D eigenvalue weighted by Crippen LogP contribution is 2.22. The van der Waals surface area contributed by atoms with Gasteiger partial charge in [-0.2, -0.15) is 0 Å². The molecule has 1 unspecified atom stereocenters. The van der Waals surface area contributed by atoms with E-state index in [-0.39, 0.29) is 17.2 Å². The molecule has 138 valence electrons. The second-order valence-corrected chi connectivity index (χ2v) is 7.58. The number of benzene rings is 1. The minimum absolute atomic E-state index is 0.0350. The van der Waals surface area contributed by atoms with Gasteiger partial charge in [0.15, 0.2) is 0 Å². The van der Waals surface area contributed by atoms with Gasteiger partial charge in [0.2, 0.25) is 5.91 Å². The van der Waals surface area contributed by atoms with Crippen molar-refractivity contribution in [2.45, 2.75) is 45.7 Å². The molecule has 0 saturated carbocycles. The molecule has 1 heterocycles. The molecule has 1 aromatic carbocycles. The van der Waals surface area contributed by atoms with Gasteiger partial charge in [-0.05, 0) is 41.7 Å². The zero-order chi connectivity index (χ0) is 19.3. The minimum Gasteiger partial charge on any atom is -0.341 e. The van der Waals surface area contributed by atoms with E-state index in [1.165, 1.54) is 0 Å². The number of pyridine rings is 1. The third kappa shape index (κ3) is 5.15. The van der Waals surface area contributed by atoms with E-state index in [0.717, 1.165) is 11.1 Å². The van der Waals surface area contributed by atoms with Crippen molar-refractivity contribution in [2.75, 3.05) is 7.05 Å². The van der Waals surface area contributed by atoms with E-state index in [9.17, 15) is 9.59 Å². The third-order valence-electron chi connectivity index (χ3n) is 4.25. The van der Waals surface area contributed by atoms with Gasteiger partial charge in [-0.1, -0.05) is 39.0 Å². The number of likely N-dealkylation sites (N-methyl/N-ethyl adjacent to an activating group) is 1. The van der Waals surface area contributed by atoms with Crippen molar-refractivity contribution in [1.82, 2.24) is 15.2 Å². The number of aromatic nitrogens is 1. The van der Waals surface area contributed by atoms with Crippen LogP contribution < -0.4 is 5.32 Å². The second kappa shape index (κ2) is 8.13. The summed E-state index contributed by atoms with van der Waals surface area (Å²) in [6, 6.07) is 10.6. The third-order valence-corrected chi connectivity index (χ3v) is 4.25. The fourth-order valence-corrected chi connectivity index (χ4v) is 2.64. The number of hydrogen-bond acceptors (Lipinski definition) is 3. The number of hydrogen-bond donors (Lipinski definition) is 1. The Morgan fingerprint density at radius 1 is 1.15 bits per heavy atom. The standard InChI is InChI=1S/C21H27N3O2/c1-15(20(26)24(5)14-16-7-6-12-22-13-16)23-19(25)17-8-10-18(11-9-17)21(2,3)4/h6-13,15H,14H2,1-5H3,(H,23,25). The minimum atomic E-state index is -0.605. The predicted molar refractivity (Wildman–Crippen MR) is 103 cm³/mol. The van der Waals surface area contributed by atoms with Gasteiger partial charge in [-0.3, -0.25) is 14.6 Å². The molecule has 2 rings (SSSR count). The fourth-order valence-electron chi connectivity index (χ4n) is 2.64. The van der Waals surface area contributed by atoms with Crippen LogP contribution in [-0.2, 0) is 16.8 Å². The van der Waals surface area contributed by atoms with E-state index in [1.54, 1.807) is 43.4 Å².